The van der Waals surface area contributed by atoms with Gasteiger partial charge in [0.1, 0.15) is 0 Å². The second-order valence-electron chi connectivity index (χ2n) is 5.39. The molecule has 0 aromatic carbocycles. The van der Waals surface area contributed by atoms with E-state index in [4.69, 9.17) is 0 Å². The van der Waals surface area contributed by atoms with E-state index < -0.39 is 18.3 Å². The Kier molecular flexibility index (Phi) is 7.22. The van der Waals surface area contributed by atoms with E-state index in [0.717, 1.165) is 0 Å². The molecule has 1 N–H and O–H groups in total. The summed E-state index contributed by atoms with van der Waals surface area (Å²) in [5, 5.41) is 9.26. The number of rotatable bonds is 2. The van der Waals surface area contributed by atoms with Crippen LogP contribution in [-0.4, -0.2) is 40.9 Å². The van der Waals surface area contributed by atoms with Crippen LogP contribution in [-0.2, 0) is 0 Å². The minimum atomic E-state index is -4.51. The van der Waals surface area contributed by atoms with E-state index in [2.05, 4.69) is 13.8 Å². The van der Waals surface area contributed by atoms with Crippen molar-refractivity contribution in [3.05, 3.63) is 0 Å². The molecule has 1 rings (SSSR count). The van der Waals surface area contributed by atoms with Gasteiger partial charge in [0.2, 0.25) is 0 Å². The zero-order valence-corrected chi connectivity index (χ0v) is 12.0. The van der Waals surface area contributed by atoms with Gasteiger partial charge in [-0.25, -0.2) is 0 Å². The monoisotopic (exact) mass is 269 g/mol. The number of aliphatic hydroxyl groups is 1. The smallest absolute Gasteiger partial charge is 0.382 e. The first-order valence-electron chi connectivity index (χ1n) is 6.65. The van der Waals surface area contributed by atoms with Gasteiger partial charge in [0.25, 0.3) is 0 Å². The molecule has 0 saturated carbocycles. The zero-order valence-electron chi connectivity index (χ0n) is 12.0. The number of alkyl halides is 3. The summed E-state index contributed by atoms with van der Waals surface area (Å²) in [6.07, 6.45) is -5.06. The highest BCUT2D eigenvalue weighted by molar-refractivity contribution is 4.92. The van der Waals surface area contributed by atoms with Crippen molar-refractivity contribution in [2.45, 2.75) is 71.8 Å². The molecule has 1 saturated heterocycles. The standard InChI is InChI=1S/C10H18F3NO.C3H8/c1-6(2)14-5-7(3)4-8(14)9(15)10(11,12)13;1-3-2/h6-9,15H,4-5H2,1-3H3;3H2,1-2H3. The average Bonchev–Trinajstić information content (AvgIpc) is 2.59. The fourth-order valence-corrected chi connectivity index (χ4v) is 2.24. The molecule has 0 aromatic rings. The van der Waals surface area contributed by atoms with Crippen molar-refractivity contribution in [1.82, 2.24) is 4.90 Å². The second kappa shape index (κ2) is 7.34. The predicted molar refractivity (Wildman–Crippen MR) is 67.4 cm³/mol. The van der Waals surface area contributed by atoms with Gasteiger partial charge in [-0.1, -0.05) is 27.2 Å². The van der Waals surface area contributed by atoms with E-state index in [1.165, 1.54) is 6.42 Å². The first-order chi connectivity index (χ1) is 8.15. The van der Waals surface area contributed by atoms with Gasteiger partial charge in [0, 0.05) is 18.6 Å². The van der Waals surface area contributed by atoms with Crippen molar-refractivity contribution >= 4 is 0 Å². The van der Waals surface area contributed by atoms with E-state index in [9.17, 15) is 18.3 Å². The molecular weight excluding hydrogens is 243 g/mol. The highest BCUT2D eigenvalue weighted by atomic mass is 19.4. The molecule has 5 heteroatoms. The molecule has 1 aliphatic heterocycles. The number of likely N-dealkylation sites (tertiary alicyclic amines) is 1. The van der Waals surface area contributed by atoms with E-state index in [-0.39, 0.29) is 12.0 Å². The van der Waals surface area contributed by atoms with Crippen molar-refractivity contribution in [2.75, 3.05) is 6.54 Å². The fourth-order valence-electron chi connectivity index (χ4n) is 2.24. The molecule has 1 heterocycles. The van der Waals surface area contributed by atoms with Crippen LogP contribution in [0.3, 0.4) is 0 Å². The molecule has 0 spiro atoms. The summed E-state index contributed by atoms with van der Waals surface area (Å²) in [5.74, 6) is 0.217. The van der Waals surface area contributed by atoms with Crippen LogP contribution in [0, 0.1) is 5.92 Å². The Labute approximate surface area is 108 Å². The van der Waals surface area contributed by atoms with Crippen LogP contribution < -0.4 is 0 Å². The molecular formula is C13H26F3NO. The van der Waals surface area contributed by atoms with Crippen molar-refractivity contribution in [2.24, 2.45) is 5.92 Å². The highest BCUT2D eigenvalue weighted by Gasteiger charge is 2.48. The summed E-state index contributed by atoms with van der Waals surface area (Å²) in [7, 11) is 0. The first kappa shape index (κ1) is 17.7. The second-order valence-corrected chi connectivity index (χ2v) is 5.39. The summed E-state index contributed by atoms with van der Waals surface area (Å²) in [6.45, 7) is 10.5. The van der Waals surface area contributed by atoms with E-state index in [1.54, 1.807) is 4.90 Å². The number of aliphatic hydroxyl groups excluding tert-OH is 1. The summed E-state index contributed by atoms with van der Waals surface area (Å²) in [4.78, 5) is 1.74. The maximum Gasteiger partial charge on any atom is 0.415 e. The summed E-state index contributed by atoms with van der Waals surface area (Å²) >= 11 is 0. The van der Waals surface area contributed by atoms with Gasteiger partial charge < -0.3 is 5.11 Å². The van der Waals surface area contributed by atoms with Crippen LogP contribution >= 0.6 is 0 Å². The molecule has 3 atom stereocenters. The average molecular weight is 269 g/mol. The lowest BCUT2D eigenvalue weighted by atomic mass is 10.0. The number of halogens is 3. The van der Waals surface area contributed by atoms with Gasteiger partial charge in [-0.3, -0.25) is 4.90 Å². The Bertz CT molecular complexity index is 229. The van der Waals surface area contributed by atoms with Gasteiger partial charge >= 0.3 is 6.18 Å². The lowest BCUT2D eigenvalue weighted by Crippen LogP contribution is -2.49. The van der Waals surface area contributed by atoms with Gasteiger partial charge in [-0.2, -0.15) is 13.2 Å². The van der Waals surface area contributed by atoms with Gasteiger partial charge in [-0.05, 0) is 26.2 Å². The normalized spacial score (nSPS) is 27.0. The molecule has 1 fully saturated rings. The molecule has 110 valence electrons. The van der Waals surface area contributed by atoms with Crippen molar-refractivity contribution < 1.29 is 18.3 Å². The van der Waals surface area contributed by atoms with Crippen molar-refractivity contribution in [3.8, 4) is 0 Å². The Morgan fingerprint density at radius 1 is 1.28 bits per heavy atom. The minimum absolute atomic E-state index is 0.0388. The summed E-state index contributed by atoms with van der Waals surface area (Å²) in [6, 6.07) is -0.739. The largest absolute Gasteiger partial charge is 0.415 e. The van der Waals surface area contributed by atoms with Crippen molar-refractivity contribution in [1.29, 1.82) is 0 Å². The highest BCUT2D eigenvalue weighted by Crippen LogP contribution is 2.33. The summed E-state index contributed by atoms with van der Waals surface area (Å²) < 4.78 is 37.2. The van der Waals surface area contributed by atoms with Crippen molar-refractivity contribution in [3.63, 3.8) is 0 Å². The molecule has 2 nitrogen and oxygen atoms in total. The van der Waals surface area contributed by atoms with E-state index >= 15 is 0 Å². The lowest BCUT2D eigenvalue weighted by Gasteiger charge is -2.32. The maximum absolute atomic E-state index is 12.4. The lowest BCUT2D eigenvalue weighted by molar-refractivity contribution is -0.220. The fraction of sp³-hybridized carbons (Fsp3) is 1.00. The number of hydrogen-bond acceptors (Lipinski definition) is 2. The molecule has 0 aromatic heterocycles. The number of hydrogen-bond donors (Lipinski definition) is 1. The molecule has 0 aliphatic carbocycles. The van der Waals surface area contributed by atoms with Crippen LogP contribution in [0.2, 0.25) is 0 Å². The quantitative estimate of drug-likeness (QED) is 0.830. The maximum atomic E-state index is 12.4. The van der Waals surface area contributed by atoms with Gasteiger partial charge in [0.15, 0.2) is 6.10 Å². The van der Waals surface area contributed by atoms with E-state index in [0.29, 0.717) is 13.0 Å². The molecule has 0 bridgehead atoms. The Morgan fingerprint density at radius 2 is 1.72 bits per heavy atom. The van der Waals surface area contributed by atoms with Gasteiger partial charge in [-0.15, -0.1) is 0 Å². The number of nitrogens with zero attached hydrogens (tertiary/aromatic N) is 1. The topological polar surface area (TPSA) is 23.5 Å². The third-order valence-corrected chi connectivity index (χ3v) is 2.96. The molecule has 0 radical (unpaired) electrons. The minimum Gasteiger partial charge on any atom is -0.382 e. The third kappa shape index (κ3) is 5.14. The van der Waals surface area contributed by atoms with Crippen LogP contribution in [0.25, 0.3) is 0 Å². The molecule has 1 aliphatic rings. The molecule has 18 heavy (non-hydrogen) atoms. The van der Waals surface area contributed by atoms with Gasteiger partial charge in [0.05, 0.1) is 0 Å². The van der Waals surface area contributed by atoms with Crippen LogP contribution in [0.4, 0.5) is 13.2 Å². The van der Waals surface area contributed by atoms with Crippen LogP contribution in [0.15, 0.2) is 0 Å². The molecule has 0 amide bonds. The van der Waals surface area contributed by atoms with Crippen LogP contribution in [0.1, 0.15) is 47.5 Å². The SMILES string of the molecule is CC1CC(C(O)C(F)(F)F)N(C(C)C)C1.CCC. The van der Waals surface area contributed by atoms with Crippen LogP contribution in [0.5, 0.6) is 0 Å². The van der Waals surface area contributed by atoms with E-state index in [1.807, 2.05) is 20.8 Å². The first-order valence-corrected chi connectivity index (χ1v) is 6.65. The zero-order chi connectivity index (χ0) is 14.5. The summed E-state index contributed by atoms with van der Waals surface area (Å²) in [5.41, 5.74) is 0. The third-order valence-electron chi connectivity index (χ3n) is 2.96. The molecule has 3 unspecified atom stereocenters. The predicted octanol–water partition coefficient (Wildman–Crippen LogP) is 3.44. The Hall–Kier alpha value is -0.290. The Morgan fingerprint density at radius 3 is 2.06 bits per heavy atom. The Balaban J connectivity index is 0.000000873.